The molecule has 0 fully saturated rings. The van der Waals surface area contributed by atoms with Gasteiger partial charge in [-0.05, 0) is 56.0 Å². The molecule has 0 atom stereocenters. The molecule has 1 aromatic heterocycles. The molecule has 2 aromatic carbocycles. The molecule has 3 rings (SSSR count). The van der Waals surface area contributed by atoms with Crippen LogP contribution in [0.3, 0.4) is 0 Å². The monoisotopic (exact) mass is 451 g/mol. The lowest BCUT2D eigenvalue weighted by molar-refractivity contribution is -0.116. The first kappa shape index (κ1) is 24.2. The highest BCUT2D eigenvalue weighted by molar-refractivity contribution is 6.02. The van der Waals surface area contributed by atoms with E-state index in [4.69, 9.17) is 18.6 Å². The van der Waals surface area contributed by atoms with Crippen molar-refractivity contribution in [2.75, 3.05) is 27.9 Å². The Morgan fingerprint density at radius 1 is 1.09 bits per heavy atom. The highest BCUT2D eigenvalue weighted by atomic mass is 16.5. The lowest BCUT2D eigenvalue weighted by Crippen LogP contribution is -2.23. The fraction of sp³-hybridized carbons (Fsp3) is 0.370. The highest BCUT2D eigenvalue weighted by Crippen LogP contribution is 2.43. The van der Waals surface area contributed by atoms with Gasteiger partial charge in [-0.25, -0.2) is 0 Å². The molecule has 0 radical (unpaired) electrons. The number of allylic oxidation sites excluding steroid dienone is 1. The van der Waals surface area contributed by atoms with Crippen LogP contribution in [0.25, 0.3) is 27.7 Å². The van der Waals surface area contributed by atoms with E-state index in [0.29, 0.717) is 24.0 Å². The van der Waals surface area contributed by atoms with Gasteiger partial charge in [0.15, 0.2) is 0 Å². The molecule has 0 aliphatic rings. The maximum absolute atomic E-state index is 12.5. The van der Waals surface area contributed by atoms with Crippen LogP contribution in [-0.4, -0.2) is 33.8 Å². The predicted molar refractivity (Wildman–Crippen MR) is 132 cm³/mol. The molecule has 0 unspecified atom stereocenters. The first-order valence-electron chi connectivity index (χ1n) is 11.1. The Balaban J connectivity index is 2.11. The molecule has 3 aromatic rings. The van der Waals surface area contributed by atoms with Crippen LogP contribution in [0, 0.1) is 12.8 Å². The van der Waals surface area contributed by atoms with Crippen LogP contribution < -0.4 is 19.5 Å². The van der Waals surface area contributed by atoms with Gasteiger partial charge < -0.3 is 23.9 Å². The number of amides is 1. The number of methoxy groups -OCH3 is 3. The number of hydrogen-bond donors (Lipinski definition) is 1. The number of rotatable bonds is 9. The first-order valence-corrected chi connectivity index (χ1v) is 11.1. The topological polar surface area (TPSA) is 69.9 Å². The standard InChI is InChI=1S/C27H33NO5/c1-16(2)10-11-28-25(29)12-17(3)20-14-22-23(15-33-27(22)18(4)26(20)32-7)21-13-19(30-5)8-9-24(21)31-6/h8-9,12-16H,10-11H2,1-7H3,(H,28,29)/b17-12+. The smallest absolute Gasteiger partial charge is 0.244 e. The van der Waals surface area contributed by atoms with Gasteiger partial charge in [0.1, 0.15) is 22.8 Å². The second-order valence-corrected chi connectivity index (χ2v) is 8.48. The molecule has 33 heavy (non-hydrogen) atoms. The van der Waals surface area contributed by atoms with E-state index in [1.165, 1.54) is 0 Å². The van der Waals surface area contributed by atoms with Crippen LogP contribution in [0.5, 0.6) is 17.2 Å². The van der Waals surface area contributed by atoms with Crippen molar-refractivity contribution < 1.29 is 23.4 Å². The quantitative estimate of drug-likeness (QED) is 0.404. The zero-order valence-electron chi connectivity index (χ0n) is 20.5. The molecule has 0 aliphatic carbocycles. The van der Waals surface area contributed by atoms with Crippen LogP contribution >= 0.6 is 0 Å². The zero-order valence-corrected chi connectivity index (χ0v) is 20.5. The van der Waals surface area contributed by atoms with Crippen molar-refractivity contribution in [1.82, 2.24) is 5.32 Å². The summed E-state index contributed by atoms with van der Waals surface area (Å²) in [6, 6.07) is 7.66. The average molecular weight is 452 g/mol. The number of nitrogens with one attached hydrogen (secondary N) is 1. The number of benzene rings is 2. The second-order valence-electron chi connectivity index (χ2n) is 8.48. The Morgan fingerprint density at radius 2 is 1.85 bits per heavy atom. The average Bonchev–Trinajstić information content (AvgIpc) is 3.22. The minimum Gasteiger partial charge on any atom is -0.497 e. The van der Waals surface area contributed by atoms with Crippen molar-refractivity contribution in [3.05, 3.63) is 47.7 Å². The normalized spacial score (nSPS) is 11.7. The Labute approximate surface area is 195 Å². The van der Waals surface area contributed by atoms with E-state index in [2.05, 4.69) is 19.2 Å². The second kappa shape index (κ2) is 10.5. The lowest BCUT2D eigenvalue weighted by Gasteiger charge is -2.14. The first-order chi connectivity index (χ1) is 15.8. The molecule has 176 valence electrons. The van der Waals surface area contributed by atoms with Crippen molar-refractivity contribution in [1.29, 1.82) is 0 Å². The van der Waals surface area contributed by atoms with Gasteiger partial charge in [0.25, 0.3) is 0 Å². The highest BCUT2D eigenvalue weighted by Gasteiger charge is 2.20. The molecule has 0 bridgehead atoms. The van der Waals surface area contributed by atoms with Gasteiger partial charge in [-0.3, -0.25) is 4.79 Å². The summed E-state index contributed by atoms with van der Waals surface area (Å²) in [5.74, 6) is 2.54. The Morgan fingerprint density at radius 3 is 2.48 bits per heavy atom. The molecule has 6 heteroatoms. The zero-order chi connectivity index (χ0) is 24.1. The third-order valence-corrected chi connectivity index (χ3v) is 5.74. The van der Waals surface area contributed by atoms with Gasteiger partial charge in [0.05, 0.1) is 27.6 Å². The van der Waals surface area contributed by atoms with Gasteiger partial charge in [0, 0.05) is 40.3 Å². The van der Waals surface area contributed by atoms with Crippen molar-refractivity contribution in [2.24, 2.45) is 5.92 Å². The molecule has 0 saturated heterocycles. The lowest BCUT2D eigenvalue weighted by atomic mass is 9.96. The minimum atomic E-state index is -0.116. The molecule has 6 nitrogen and oxygen atoms in total. The van der Waals surface area contributed by atoms with E-state index in [1.54, 1.807) is 33.7 Å². The summed E-state index contributed by atoms with van der Waals surface area (Å²) in [5, 5.41) is 3.86. The van der Waals surface area contributed by atoms with Crippen LogP contribution in [0.4, 0.5) is 0 Å². The molecular formula is C27H33NO5. The number of fused-ring (bicyclic) bond motifs is 1. The predicted octanol–water partition coefficient (Wildman–Crippen LogP) is 6.00. The number of carbonyl (C=O) groups is 1. The summed E-state index contributed by atoms with van der Waals surface area (Å²) >= 11 is 0. The SMILES string of the molecule is COc1ccc(OC)c(-c2coc3c(C)c(OC)c(/C(C)=C/C(=O)NCCC(C)C)cc23)c1. The fourth-order valence-electron chi connectivity index (χ4n) is 3.91. The van der Waals surface area contributed by atoms with Gasteiger partial charge in [-0.1, -0.05) is 13.8 Å². The third-order valence-electron chi connectivity index (χ3n) is 5.74. The number of aryl methyl sites for hydroxylation is 1. The van der Waals surface area contributed by atoms with E-state index in [1.807, 2.05) is 38.1 Å². The number of carbonyl (C=O) groups excluding carboxylic acids is 1. The largest absolute Gasteiger partial charge is 0.497 e. The van der Waals surface area contributed by atoms with Gasteiger partial charge >= 0.3 is 0 Å². The van der Waals surface area contributed by atoms with E-state index in [9.17, 15) is 4.79 Å². The summed E-state index contributed by atoms with van der Waals surface area (Å²) in [6.45, 7) is 8.79. The molecular weight excluding hydrogens is 418 g/mol. The summed E-state index contributed by atoms with van der Waals surface area (Å²) in [5.41, 5.74) is 4.98. The summed E-state index contributed by atoms with van der Waals surface area (Å²) in [4.78, 5) is 12.5. The Kier molecular flexibility index (Phi) is 7.69. The van der Waals surface area contributed by atoms with Crippen LogP contribution in [0.2, 0.25) is 0 Å². The molecule has 0 saturated carbocycles. The molecule has 0 aliphatic heterocycles. The fourth-order valence-corrected chi connectivity index (χ4v) is 3.91. The van der Waals surface area contributed by atoms with E-state index in [-0.39, 0.29) is 5.91 Å². The number of hydrogen-bond acceptors (Lipinski definition) is 5. The summed E-state index contributed by atoms with van der Waals surface area (Å²) in [7, 11) is 4.90. The third kappa shape index (κ3) is 5.16. The molecule has 1 heterocycles. The number of furan rings is 1. The van der Waals surface area contributed by atoms with Crippen LogP contribution in [-0.2, 0) is 4.79 Å². The Hall–Kier alpha value is -3.41. The van der Waals surface area contributed by atoms with Gasteiger partial charge in [-0.15, -0.1) is 0 Å². The van der Waals surface area contributed by atoms with Crippen molar-refractivity contribution in [3.63, 3.8) is 0 Å². The Bertz CT molecular complexity index is 1170. The van der Waals surface area contributed by atoms with Gasteiger partial charge in [-0.2, -0.15) is 0 Å². The van der Waals surface area contributed by atoms with E-state index in [0.717, 1.165) is 51.0 Å². The summed E-state index contributed by atoms with van der Waals surface area (Å²) < 4.78 is 22.7. The van der Waals surface area contributed by atoms with Gasteiger partial charge in [0.2, 0.25) is 5.91 Å². The van der Waals surface area contributed by atoms with E-state index >= 15 is 0 Å². The van der Waals surface area contributed by atoms with Crippen molar-refractivity contribution in [3.8, 4) is 28.4 Å². The number of ether oxygens (including phenoxy) is 3. The van der Waals surface area contributed by atoms with Crippen LogP contribution in [0.15, 0.2) is 41.0 Å². The van der Waals surface area contributed by atoms with Crippen LogP contribution in [0.1, 0.15) is 38.3 Å². The van der Waals surface area contributed by atoms with E-state index < -0.39 is 0 Å². The molecule has 1 N–H and O–H groups in total. The van der Waals surface area contributed by atoms with Crippen molar-refractivity contribution in [2.45, 2.75) is 34.1 Å². The summed E-state index contributed by atoms with van der Waals surface area (Å²) in [6.07, 6.45) is 4.28. The minimum absolute atomic E-state index is 0.116. The maximum atomic E-state index is 12.5. The maximum Gasteiger partial charge on any atom is 0.244 e. The van der Waals surface area contributed by atoms with Crippen molar-refractivity contribution >= 4 is 22.4 Å². The molecule has 0 spiro atoms. The molecule has 1 amide bonds.